The van der Waals surface area contributed by atoms with Crippen LogP contribution in [-0.4, -0.2) is 10.4 Å². The van der Waals surface area contributed by atoms with Gasteiger partial charge in [-0.25, -0.2) is 0 Å². The summed E-state index contributed by atoms with van der Waals surface area (Å²) in [5.74, 6) is 0.349. The van der Waals surface area contributed by atoms with Crippen molar-refractivity contribution in [2.45, 2.75) is 20.8 Å². The maximum Gasteiger partial charge on any atom is 0.316 e. The van der Waals surface area contributed by atoms with E-state index in [0.29, 0.717) is 5.75 Å². The zero-order valence-corrected chi connectivity index (χ0v) is 15.2. The van der Waals surface area contributed by atoms with E-state index < -0.39 is 5.41 Å². The van der Waals surface area contributed by atoms with Gasteiger partial charge in [0.05, 0.1) is 11.1 Å². The van der Waals surface area contributed by atoms with E-state index in [1.807, 2.05) is 63.4 Å². The number of pyridine rings is 1. The Bertz CT molecular complexity index is 1120. The molecule has 2 aromatic heterocycles. The van der Waals surface area contributed by atoms with Crippen LogP contribution in [0.1, 0.15) is 20.8 Å². The predicted molar refractivity (Wildman–Crippen MR) is 105 cm³/mol. The highest BCUT2D eigenvalue weighted by Crippen LogP contribution is 2.36. The van der Waals surface area contributed by atoms with E-state index in [1.54, 1.807) is 0 Å². The van der Waals surface area contributed by atoms with Crippen LogP contribution >= 0.6 is 0 Å². The summed E-state index contributed by atoms with van der Waals surface area (Å²) >= 11 is 0. The Morgan fingerprint density at radius 2 is 1.62 bits per heavy atom. The van der Waals surface area contributed by atoms with Crippen LogP contribution in [-0.2, 0) is 4.79 Å². The molecule has 130 valence electrons. The van der Waals surface area contributed by atoms with Crippen LogP contribution in [0.25, 0.3) is 27.5 Å². The first kappa shape index (κ1) is 16.4. The summed E-state index contributed by atoms with van der Waals surface area (Å²) in [4.78, 5) is 12.5. The molecule has 0 spiro atoms. The van der Waals surface area contributed by atoms with Gasteiger partial charge in [0.15, 0.2) is 5.75 Å². The second-order valence-corrected chi connectivity index (χ2v) is 7.55. The van der Waals surface area contributed by atoms with Crippen molar-refractivity contribution < 1.29 is 9.53 Å². The minimum atomic E-state index is -0.561. The van der Waals surface area contributed by atoms with Gasteiger partial charge in [-0.15, -0.1) is 0 Å². The Morgan fingerprint density at radius 3 is 2.38 bits per heavy atom. The van der Waals surface area contributed by atoms with Crippen LogP contribution in [0.2, 0.25) is 0 Å². The Kier molecular flexibility index (Phi) is 3.80. The highest BCUT2D eigenvalue weighted by Gasteiger charge is 2.26. The van der Waals surface area contributed by atoms with Gasteiger partial charge in [0.25, 0.3) is 0 Å². The topological polar surface area (TPSA) is 30.7 Å². The number of ether oxygens (including phenoxy) is 1. The lowest BCUT2D eigenvalue weighted by molar-refractivity contribution is -0.142. The summed E-state index contributed by atoms with van der Waals surface area (Å²) in [6.45, 7) is 5.59. The van der Waals surface area contributed by atoms with Crippen LogP contribution in [0.5, 0.6) is 5.75 Å². The lowest BCUT2D eigenvalue weighted by Crippen LogP contribution is -2.25. The monoisotopic (exact) mass is 343 g/mol. The van der Waals surface area contributed by atoms with Crippen molar-refractivity contribution in [2.24, 2.45) is 5.41 Å². The van der Waals surface area contributed by atoms with Crippen molar-refractivity contribution >= 4 is 22.3 Å². The summed E-state index contributed by atoms with van der Waals surface area (Å²) in [6.07, 6.45) is 1.99. The summed E-state index contributed by atoms with van der Waals surface area (Å²) in [5.41, 5.74) is 2.34. The summed E-state index contributed by atoms with van der Waals surface area (Å²) < 4.78 is 7.87. The second kappa shape index (κ2) is 6.03. The highest BCUT2D eigenvalue weighted by molar-refractivity contribution is 5.89. The van der Waals surface area contributed by atoms with Gasteiger partial charge in [-0.1, -0.05) is 42.5 Å². The molecule has 0 radical (unpaired) electrons. The first-order valence-electron chi connectivity index (χ1n) is 8.75. The molecular weight excluding hydrogens is 322 g/mol. The molecule has 0 saturated heterocycles. The van der Waals surface area contributed by atoms with Gasteiger partial charge in [-0.05, 0) is 49.7 Å². The highest BCUT2D eigenvalue weighted by atomic mass is 16.5. The van der Waals surface area contributed by atoms with E-state index in [2.05, 4.69) is 34.7 Å². The van der Waals surface area contributed by atoms with E-state index >= 15 is 0 Å². The fourth-order valence-corrected chi connectivity index (χ4v) is 3.05. The molecule has 4 aromatic rings. The van der Waals surface area contributed by atoms with Gasteiger partial charge in [-0.3, -0.25) is 4.79 Å². The van der Waals surface area contributed by atoms with E-state index in [1.165, 1.54) is 5.39 Å². The Balaban J connectivity index is 1.91. The fraction of sp³-hybridized carbons (Fsp3) is 0.174. The number of hydrogen-bond donors (Lipinski definition) is 0. The lowest BCUT2D eigenvalue weighted by atomic mass is 9.97. The van der Waals surface area contributed by atoms with Gasteiger partial charge in [0.2, 0.25) is 0 Å². The lowest BCUT2D eigenvalue weighted by Gasteiger charge is -2.17. The summed E-state index contributed by atoms with van der Waals surface area (Å²) in [6, 6.07) is 22.5. The molecule has 0 amide bonds. The van der Waals surface area contributed by atoms with Crippen LogP contribution < -0.4 is 4.74 Å². The second-order valence-electron chi connectivity index (χ2n) is 7.55. The molecule has 0 bridgehead atoms. The zero-order valence-electron chi connectivity index (χ0n) is 15.2. The van der Waals surface area contributed by atoms with Gasteiger partial charge in [-0.2, -0.15) is 0 Å². The first-order chi connectivity index (χ1) is 12.4. The van der Waals surface area contributed by atoms with E-state index in [0.717, 1.165) is 22.2 Å². The van der Waals surface area contributed by atoms with Gasteiger partial charge in [0.1, 0.15) is 0 Å². The number of nitrogens with zero attached hydrogens (tertiary/aromatic N) is 1. The molecule has 0 N–H and O–H groups in total. The molecule has 26 heavy (non-hydrogen) atoms. The molecule has 4 rings (SSSR count). The number of aromatic nitrogens is 1. The molecule has 2 heterocycles. The average Bonchev–Trinajstić information content (AvgIpc) is 2.98. The zero-order chi connectivity index (χ0) is 18.3. The van der Waals surface area contributed by atoms with Gasteiger partial charge < -0.3 is 9.14 Å². The van der Waals surface area contributed by atoms with Gasteiger partial charge in [0, 0.05) is 23.3 Å². The molecule has 0 atom stereocenters. The van der Waals surface area contributed by atoms with Crippen molar-refractivity contribution in [3.05, 3.63) is 72.9 Å². The third kappa shape index (κ3) is 2.86. The van der Waals surface area contributed by atoms with Crippen LogP contribution in [0, 0.1) is 5.41 Å². The standard InChI is InChI=1S/C23H21NO2/c1-23(2,3)22(25)26-20-15-19-10-6-7-13-24(19)21(20)18-12-11-16-8-4-5-9-17(16)14-18/h4-15H,1-3H3. The maximum absolute atomic E-state index is 12.5. The Hall–Kier alpha value is -3.07. The largest absolute Gasteiger partial charge is 0.424 e. The molecule has 0 aliphatic heterocycles. The smallest absolute Gasteiger partial charge is 0.316 e. The minimum absolute atomic E-state index is 0.240. The Labute approximate surface area is 152 Å². The molecule has 0 fully saturated rings. The third-order valence-electron chi connectivity index (χ3n) is 4.48. The van der Waals surface area contributed by atoms with Crippen molar-refractivity contribution in [3.8, 4) is 17.0 Å². The molecule has 0 unspecified atom stereocenters. The maximum atomic E-state index is 12.5. The number of esters is 1. The number of benzene rings is 2. The van der Waals surface area contributed by atoms with E-state index in [-0.39, 0.29) is 5.97 Å². The van der Waals surface area contributed by atoms with Crippen LogP contribution in [0.15, 0.2) is 72.9 Å². The SMILES string of the molecule is CC(C)(C)C(=O)Oc1cc2ccccn2c1-c1ccc2ccccc2c1. The predicted octanol–water partition coefficient (Wildman–Crippen LogP) is 5.71. The summed E-state index contributed by atoms with van der Waals surface area (Å²) in [7, 11) is 0. The fourth-order valence-electron chi connectivity index (χ4n) is 3.05. The van der Waals surface area contributed by atoms with Crippen molar-refractivity contribution in [1.29, 1.82) is 0 Å². The molecule has 2 aromatic carbocycles. The van der Waals surface area contributed by atoms with Crippen LogP contribution in [0.3, 0.4) is 0 Å². The number of fused-ring (bicyclic) bond motifs is 2. The summed E-state index contributed by atoms with van der Waals surface area (Å²) in [5, 5.41) is 2.34. The third-order valence-corrected chi connectivity index (χ3v) is 4.48. The molecule has 3 nitrogen and oxygen atoms in total. The number of carbonyl (C=O) groups is 1. The normalized spacial score (nSPS) is 11.8. The molecule has 3 heteroatoms. The van der Waals surface area contributed by atoms with Crippen LogP contribution in [0.4, 0.5) is 0 Å². The first-order valence-corrected chi connectivity index (χ1v) is 8.75. The molecule has 0 saturated carbocycles. The van der Waals surface area contributed by atoms with Gasteiger partial charge >= 0.3 is 5.97 Å². The van der Waals surface area contributed by atoms with E-state index in [9.17, 15) is 4.79 Å². The van der Waals surface area contributed by atoms with Crippen molar-refractivity contribution in [2.75, 3.05) is 0 Å². The molecular formula is C23H21NO2. The van der Waals surface area contributed by atoms with Crippen molar-refractivity contribution in [3.63, 3.8) is 0 Å². The van der Waals surface area contributed by atoms with Crippen molar-refractivity contribution in [1.82, 2.24) is 4.40 Å². The van der Waals surface area contributed by atoms with E-state index in [4.69, 9.17) is 4.74 Å². The quantitative estimate of drug-likeness (QED) is 0.436. The Morgan fingerprint density at radius 1 is 0.885 bits per heavy atom. The average molecular weight is 343 g/mol. The molecule has 0 aliphatic rings. The number of hydrogen-bond acceptors (Lipinski definition) is 2. The number of carbonyl (C=O) groups excluding carboxylic acids is 1. The minimum Gasteiger partial charge on any atom is -0.424 e. The molecule has 0 aliphatic carbocycles. The number of rotatable bonds is 2.